The van der Waals surface area contributed by atoms with Crippen molar-refractivity contribution in [2.75, 3.05) is 5.32 Å². The van der Waals surface area contributed by atoms with E-state index in [1.54, 1.807) is 0 Å². The second-order valence-corrected chi connectivity index (χ2v) is 5.85. The molecule has 0 amide bonds. The van der Waals surface area contributed by atoms with Crippen molar-refractivity contribution in [3.8, 4) is 0 Å². The van der Waals surface area contributed by atoms with Crippen LogP contribution in [0.4, 0.5) is 5.69 Å². The standard InChI is InChI=1S/C17H18ClN/c1-11-4-3-5-17(12(11)2)19-16-9-13-6-7-15(18)8-14(13)10-16/h3-8,16,19H,9-10H2,1-2H3. The van der Waals surface area contributed by atoms with Crippen LogP contribution in [0.1, 0.15) is 22.3 Å². The SMILES string of the molecule is Cc1cccc(NC2Cc3ccc(Cl)cc3C2)c1C. The van der Waals surface area contributed by atoms with E-state index in [-0.39, 0.29) is 0 Å². The van der Waals surface area contributed by atoms with Crippen molar-refractivity contribution in [3.63, 3.8) is 0 Å². The summed E-state index contributed by atoms with van der Waals surface area (Å²) in [7, 11) is 0. The van der Waals surface area contributed by atoms with E-state index < -0.39 is 0 Å². The Bertz CT molecular complexity index is 619. The molecular weight excluding hydrogens is 254 g/mol. The molecule has 98 valence electrons. The minimum absolute atomic E-state index is 0.481. The molecular formula is C17H18ClN. The summed E-state index contributed by atoms with van der Waals surface area (Å²) in [5.41, 5.74) is 6.74. The number of nitrogens with one attached hydrogen (secondary N) is 1. The van der Waals surface area contributed by atoms with Crippen LogP contribution in [0, 0.1) is 13.8 Å². The highest BCUT2D eigenvalue weighted by molar-refractivity contribution is 6.30. The Morgan fingerprint density at radius 3 is 2.68 bits per heavy atom. The molecule has 1 N–H and O–H groups in total. The monoisotopic (exact) mass is 271 g/mol. The van der Waals surface area contributed by atoms with Gasteiger partial charge in [0.15, 0.2) is 0 Å². The van der Waals surface area contributed by atoms with Crippen LogP contribution in [0.5, 0.6) is 0 Å². The molecule has 2 heteroatoms. The summed E-state index contributed by atoms with van der Waals surface area (Å²) in [4.78, 5) is 0. The summed E-state index contributed by atoms with van der Waals surface area (Å²) in [6.07, 6.45) is 2.14. The Labute approximate surface area is 119 Å². The van der Waals surface area contributed by atoms with Gasteiger partial charge in [0.1, 0.15) is 0 Å². The summed E-state index contributed by atoms with van der Waals surface area (Å²) >= 11 is 6.06. The third-order valence-electron chi connectivity index (χ3n) is 4.07. The van der Waals surface area contributed by atoms with Crippen molar-refractivity contribution in [3.05, 3.63) is 63.7 Å². The molecule has 2 aromatic carbocycles. The molecule has 1 aliphatic carbocycles. The molecule has 0 aliphatic heterocycles. The zero-order valence-corrected chi connectivity index (χ0v) is 12.1. The van der Waals surface area contributed by atoms with E-state index in [1.807, 2.05) is 6.07 Å². The molecule has 0 radical (unpaired) electrons. The van der Waals surface area contributed by atoms with Crippen LogP contribution in [0.2, 0.25) is 5.02 Å². The quantitative estimate of drug-likeness (QED) is 0.846. The number of aryl methyl sites for hydroxylation is 1. The average molecular weight is 272 g/mol. The molecule has 1 unspecified atom stereocenters. The normalized spacial score (nSPS) is 17.3. The first kappa shape index (κ1) is 12.6. The van der Waals surface area contributed by atoms with Crippen molar-refractivity contribution < 1.29 is 0 Å². The van der Waals surface area contributed by atoms with Crippen LogP contribution in [0.15, 0.2) is 36.4 Å². The molecule has 1 nitrogen and oxygen atoms in total. The van der Waals surface area contributed by atoms with Gasteiger partial charge in [0.25, 0.3) is 0 Å². The fourth-order valence-electron chi connectivity index (χ4n) is 2.82. The second-order valence-electron chi connectivity index (χ2n) is 5.41. The van der Waals surface area contributed by atoms with Gasteiger partial charge in [0.05, 0.1) is 0 Å². The Morgan fingerprint density at radius 2 is 1.84 bits per heavy atom. The number of benzene rings is 2. The highest BCUT2D eigenvalue weighted by Crippen LogP contribution is 2.28. The van der Waals surface area contributed by atoms with E-state index >= 15 is 0 Å². The number of hydrogen-bond acceptors (Lipinski definition) is 1. The lowest BCUT2D eigenvalue weighted by atomic mass is 10.1. The van der Waals surface area contributed by atoms with E-state index in [0.29, 0.717) is 6.04 Å². The number of anilines is 1. The first-order valence-corrected chi connectivity index (χ1v) is 7.11. The minimum Gasteiger partial charge on any atom is -0.381 e. The number of halogens is 1. The Morgan fingerprint density at radius 1 is 1.05 bits per heavy atom. The number of rotatable bonds is 2. The predicted molar refractivity (Wildman–Crippen MR) is 82.2 cm³/mol. The third kappa shape index (κ3) is 2.48. The molecule has 0 saturated heterocycles. The first-order valence-electron chi connectivity index (χ1n) is 6.73. The van der Waals surface area contributed by atoms with Gasteiger partial charge in [0.2, 0.25) is 0 Å². The van der Waals surface area contributed by atoms with Crippen LogP contribution in [-0.4, -0.2) is 6.04 Å². The van der Waals surface area contributed by atoms with Crippen molar-refractivity contribution >= 4 is 17.3 Å². The summed E-state index contributed by atoms with van der Waals surface area (Å²) in [6, 6.07) is 13.2. The van der Waals surface area contributed by atoms with Gasteiger partial charge >= 0.3 is 0 Å². The molecule has 1 atom stereocenters. The smallest absolute Gasteiger partial charge is 0.0408 e. The van der Waals surface area contributed by atoms with Crippen LogP contribution >= 0.6 is 11.6 Å². The summed E-state index contributed by atoms with van der Waals surface area (Å²) in [5.74, 6) is 0. The molecule has 19 heavy (non-hydrogen) atoms. The predicted octanol–water partition coefficient (Wildman–Crippen LogP) is 4.54. The largest absolute Gasteiger partial charge is 0.381 e. The molecule has 2 aromatic rings. The topological polar surface area (TPSA) is 12.0 Å². The summed E-state index contributed by atoms with van der Waals surface area (Å²) < 4.78 is 0. The van der Waals surface area contributed by atoms with Crippen molar-refractivity contribution in [1.82, 2.24) is 0 Å². The van der Waals surface area contributed by atoms with Gasteiger partial charge in [-0.05, 0) is 67.1 Å². The van der Waals surface area contributed by atoms with E-state index in [2.05, 4.69) is 49.5 Å². The van der Waals surface area contributed by atoms with Gasteiger partial charge < -0.3 is 5.32 Å². The molecule has 0 fully saturated rings. The van der Waals surface area contributed by atoms with E-state index in [9.17, 15) is 0 Å². The lowest BCUT2D eigenvalue weighted by Gasteiger charge is -2.16. The maximum absolute atomic E-state index is 6.06. The molecule has 0 saturated carbocycles. The fourth-order valence-corrected chi connectivity index (χ4v) is 3.01. The van der Waals surface area contributed by atoms with Crippen LogP contribution < -0.4 is 5.32 Å². The second kappa shape index (κ2) is 4.90. The highest BCUT2D eigenvalue weighted by Gasteiger charge is 2.21. The van der Waals surface area contributed by atoms with Gasteiger partial charge in [-0.1, -0.05) is 29.8 Å². The molecule has 1 aliphatic rings. The molecule has 0 bridgehead atoms. The van der Waals surface area contributed by atoms with Crippen molar-refractivity contribution in [2.45, 2.75) is 32.7 Å². The number of hydrogen-bond donors (Lipinski definition) is 1. The Balaban J connectivity index is 1.79. The molecule has 0 heterocycles. The van der Waals surface area contributed by atoms with Crippen molar-refractivity contribution in [1.29, 1.82) is 0 Å². The van der Waals surface area contributed by atoms with Crippen LogP contribution in [0.3, 0.4) is 0 Å². The zero-order valence-electron chi connectivity index (χ0n) is 11.3. The summed E-state index contributed by atoms with van der Waals surface area (Å²) in [6.45, 7) is 4.33. The number of fused-ring (bicyclic) bond motifs is 1. The Kier molecular flexibility index (Phi) is 3.24. The third-order valence-corrected chi connectivity index (χ3v) is 4.30. The highest BCUT2D eigenvalue weighted by atomic mass is 35.5. The van der Waals surface area contributed by atoms with E-state index in [0.717, 1.165) is 17.9 Å². The first-order chi connectivity index (χ1) is 9.13. The van der Waals surface area contributed by atoms with Crippen LogP contribution in [-0.2, 0) is 12.8 Å². The van der Waals surface area contributed by atoms with Gasteiger partial charge in [0, 0.05) is 16.8 Å². The van der Waals surface area contributed by atoms with E-state index in [1.165, 1.54) is 27.9 Å². The van der Waals surface area contributed by atoms with Crippen LogP contribution in [0.25, 0.3) is 0 Å². The zero-order chi connectivity index (χ0) is 13.4. The fraction of sp³-hybridized carbons (Fsp3) is 0.294. The molecule has 3 rings (SSSR count). The van der Waals surface area contributed by atoms with Gasteiger partial charge in [-0.2, -0.15) is 0 Å². The van der Waals surface area contributed by atoms with Crippen molar-refractivity contribution in [2.24, 2.45) is 0 Å². The maximum Gasteiger partial charge on any atom is 0.0408 e. The minimum atomic E-state index is 0.481. The maximum atomic E-state index is 6.06. The lowest BCUT2D eigenvalue weighted by Crippen LogP contribution is -2.20. The Hall–Kier alpha value is -1.47. The lowest BCUT2D eigenvalue weighted by molar-refractivity contribution is 0.773. The average Bonchev–Trinajstić information content (AvgIpc) is 2.76. The summed E-state index contributed by atoms with van der Waals surface area (Å²) in [5, 5.41) is 4.51. The van der Waals surface area contributed by atoms with Gasteiger partial charge in [-0.25, -0.2) is 0 Å². The van der Waals surface area contributed by atoms with Gasteiger partial charge in [-0.15, -0.1) is 0 Å². The van der Waals surface area contributed by atoms with Gasteiger partial charge in [-0.3, -0.25) is 0 Å². The molecule has 0 aromatic heterocycles. The molecule has 0 spiro atoms. The van der Waals surface area contributed by atoms with E-state index in [4.69, 9.17) is 11.6 Å².